The van der Waals surface area contributed by atoms with Crippen molar-refractivity contribution in [3.63, 3.8) is 0 Å². The minimum Gasteiger partial charge on any atom is -0.508 e. The van der Waals surface area contributed by atoms with E-state index in [4.69, 9.17) is 5.73 Å². The number of hydrogen-bond donors (Lipinski definition) is 2. The fraction of sp³-hybridized carbons (Fsp3) is 0.333. The lowest BCUT2D eigenvalue weighted by atomic mass is 9.96. The van der Waals surface area contributed by atoms with Crippen LogP contribution in [0.4, 0.5) is 0 Å². The molecule has 0 saturated carbocycles. The van der Waals surface area contributed by atoms with Crippen LogP contribution in [0.25, 0.3) is 5.69 Å². The highest BCUT2D eigenvalue weighted by Crippen LogP contribution is 2.22. The van der Waals surface area contributed by atoms with Crippen molar-refractivity contribution in [3.8, 4) is 11.4 Å². The number of phenols is 1. The number of nitrogens with zero attached hydrogens (tertiary/aromatic N) is 3. The lowest BCUT2D eigenvalue weighted by molar-refractivity contribution is 0.474. The number of nitrogens with two attached hydrogens (primary N) is 1. The summed E-state index contributed by atoms with van der Waals surface area (Å²) in [7, 11) is 0. The second-order valence-corrected chi connectivity index (χ2v) is 4.42. The molecule has 0 bridgehead atoms. The first-order chi connectivity index (χ1) is 8.24. The summed E-state index contributed by atoms with van der Waals surface area (Å²) in [6, 6.07) is 7.22. The Morgan fingerprint density at radius 3 is 3.12 bits per heavy atom. The molecule has 1 heterocycles. The second kappa shape index (κ2) is 3.85. The van der Waals surface area contributed by atoms with Crippen LogP contribution >= 0.6 is 0 Å². The van der Waals surface area contributed by atoms with Crippen molar-refractivity contribution < 1.29 is 5.11 Å². The van der Waals surface area contributed by atoms with Crippen LogP contribution in [0.3, 0.4) is 0 Å². The zero-order chi connectivity index (χ0) is 11.8. The van der Waals surface area contributed by atoms with Gasteiger partial charge in [-0.15, -0.1) is 5.10 Å². The minimum atomic E-state index is 0.192. The fourth-order valence-electron chi connectivity index (χ4n) is 2.25. The van der Waals surface area contributed by atoms with Crippen LogP contribution in [0.15, 0.2) is 24.3 Å². The van der Waals surface area contributed by atoms with Gasteiger partial charge in [-0.2, -0.15) is 0 Å². The third-order valence-electron chi connectivity index (χ3n) is 3.13. The van der Waals surface area contributed by atoms with Crippen molar-refractivity contribution in [2.24, 2.45) is 5.73 Å². The Labute approximate surface area is 98.9 Å². The molecule has 1 aromatic heterocycles. The van der Waals surface area contributed by atoms with E-state index in [1.54, 1.807) is 22.9 Å². The maximum Gasteiger partial charge on any atom is 0.117 e. The molecular weight excluding hydrogens is 216 g/mol. The highest BCUT2D eigenvalue weighted by atomic mass is 16.3. The average molecular weight is 230 g/mol. The van der Waals surface area contributed by atoms with Gasteiger partial charge >= 0.3 is 0 Å². The Kier molecular flexibility index (Phi) is 2.33. The van der Waals surface area contributed by atoms with E-state index in [2.05, 4.69) is 10.3 Å². The molecule has 0 saturated heterocycles. The van der Waals surface area contributed by atoms with Crippen LogP contribution in [0.2, 0.25) is 0 Å². The minimum absolute atomic E-state index is 0.192. The first-order valence-corrected chi connectivity index (χ1v) is 5.72. The molecule has 1 unspecified atom stereocenters. The Hall–Kier alpha value is -1.88. The van der Waals surface area contributed by atoms with E-state index in [9.17, 15) is 5.11 Å². The van der Waals surface area contributed by atoms with Gasteiger partial charge in [0, 0.05) is 18.5 Å². The van der Waals surface area contributed by atoms with Gasteiger partial charge in [0.25, 0.3) is 0 Å². The van der Waals surface area contributed by atoms with Gasteiger partial charge in [0.2, 0.25) is 0 Å². The SMILES string of the molecule is NC1CCc2c(nnn2-c2cccc(O)c2)C1. The number of aromatic nitrogens is 3. The van der Waals surface area contributed by atoms with Crippen molar-refractivity contribution in [2.45, 2.75) is 25.3 Å². The predicted octanol–water partition coefficient (Wildman–Crippen LogP) is 0.789. The molecule has 1 atom stereocenters. The van der Waals surface area contributed by atoms with Gasteiger partial charge in [-0.1, -0.05) is 11.3 Å². The van der Waals surface area contributed by atoms with Crippen molar-refractivity contribution in [1.29, 1.82) is 0 Å². The van der Waals surface area contributed by atoms with Crippen LogP contribution in [-0.2, 0) is 12.8 Å². The monoisotopic (exact) mass is 230 g/mol. The van der Waals surface area contributed by atoms with E-state index < -0.39 is 0 Å². The zero-order valence-corrected chi connectivity index (χ0v) is 9.37. The normalized spacial score (nSPS) is 19.0. The highest BCUT2D eigenvalue weighted by Gasteiger charge is 2.22. The fourth-order valence-corrected chi connectivity index (χ4v) is 2.25. The molecule has 0 fully saturated rings. The smallest absolute Gasteiger partial charge is 0.117 e. The average Bonchev–Trinajstić information content (AvgIpc) is 2.71. The number of rotatable bonds is 1. The Bertz CT molecular complexity index is 549. The lowest BCUT2D eigenvalue weighted by Gasteiger charge is -2.17. The lowest BCUT2D eigenvalue weighted by Crippen LogP contribution is -2.28. The number of hydrogen-bond acceptors (Lipinski definition) is 4. The zero-order valence-electron chi connectivity index (χ0n) is 9.37. The van der Waals surface area contributed by atoms with Crippen LogP contribution in [0.1, 0.15) is 17.8 Å². The molecule has 17 heavy (non-hydrogen) atoms. The van der Waals surface area contributed by atoms with Crippen molar-refractivity contribution in [2.75, 3.05) is 0 Å². The molecule has 2 aromatic rings. The van der Waals surface area contributed by atoms with E-state index in [1.807, 2.05) is 6.07 Å². The van der Waals surface area contributed by atoms with E-state index in [1.165, 1.54) is 0 Å². The third-order valence-corrected chi connectivity index (χ3v) is 3.13. The molecule has 3 rings (SSSR count). The summed E-state index contributed by atoms with van der Waals surface area (Å²) >= 11 is 0. The summed E-state index contributed by atoms with van der Waals surface area (Å²) in [4.78, 5) is 0. The number of fused-ring (bicyclic) bond motifs is 1. The molecule has 0 amide bonds. The summed E-state index contributed by atoms with van der Waals surface area (Å²) in [5.74, 6) is 0.235. The first-order valence-electron chi connectivity index (χ1n) is 5.72. The topological polar surface area (TPSA) is 77.0 Å². The molecule has 1 aromatic carbocycles. The summed E-state index contributed by atoms with van der Waals surface area (Å²) in [5, 5.41) is 17.8. The molecule has 5 nitrogen and oxygen atoms in total. The number of benzene rings is 1. The van der Waals surface area contributed by atoms with Crippen molar-refractivity contribution in [3.05, 3.63) is 35.7 Å². The standard InChI is InChI=1S/C12H14N4O/c13-8-4-5-12-11(6-8)14-15-16(12)9-2-1-3-10(17)7-9/h1-3,7-8,17H,4-6,13H2. The molecule has 0 aliphatic heterocycles. The maximum atomic E-state index is 9.48. The quantitative estimate of drug-likeness (QED) is 0.759. The van der Waals surface area contributed by atoms with Gasteiger partial charge in [-0.05, 0) is 25.0 Å². The second-order valence-electron chi connectivity index (χ2n) is 4.42. The van der Waals surface area contributed by atoms with Gasteiger partial charge < -0.3 is 10.8 Å². The van der Waals surface area contributed by atoms with Gasteiger partial charge in [0.15, 0.2) is 0 Å². The van der Waals surface area contributed by atoms with E-state index in [0.717, 1.165) is 36.3 Å². The van der Waals surface area contributed by atoms with E-state index in [-0.39, 0.29) is 11.8 Å². The summed E-state index contributed by atoms with van der Waals surface area (Å²) in [5.41, 5.74) is 8.83. The van der Waals surface area contributed by atoms with Crippen molar-refractivity contribution in [1.82, 2.24) is 15.0 Å². The van der Waals surface area contributed by atoms with Crippen LogP contribution < -0.4 is 5.73 Å². The molecule has 1 aliphatic carbocycles. The van der Waals surface area contributed by atoms with Gasteiger partial charge in [0.05, 0.1) is 17.1 Å². The van der Waals surface area contributed by atoms with Gasteiger partial charge in [0.1, 0.15) is 5.75 Å². The van der Waals surface area contributed by atoms with Crippen molar-refractivity contribution >= 4 is 0 Å². The molecule has 1 aliphatic rings. The highest BCUT2D eigenvalue weighted by molar-refractivity contribution is 5.39. The summed E-state index contributed by atoms with van der Waals surface area (Å²) < 4.78 is 1.79. The largest absolute Gasteiger partial charge is 0.508 e. The molecule has 3 N–H and O–H groups in total. The first kappa shape index (κ1) is 10.3. The molecule has 88 valence electrons. The Morgan fingerprint density at radius 2 is 2.29 bits per heavy atom. The van der Waals surface area contributed by atoms with E-state index in [0.29, 0.717) is 0 Å². The molecule has 0 radical (unpaired) electrons. The van der Waals surface area contributed by atoms with Gasteiger partial charge in [-0.25, -0.2) is 4.68 Å². The maximum absolute atomic E-state index is 9.48. The third kappa shape index (κ3) is 1.78. The Morgan fingerprint density at radius 1 is 1.41 bits per heavy atom. The van der Waals surface area contributed by atoms with Gasteiger partial charge in [-0.3, -0.25) is 0 Å². The summed E-state index contributed by atoms with van der Waals surface area (Å²) in [6.45, 7) is 0. The predicted molar refractivity (Wildman–Crippen MR) is 63.0 cm³/mol. The van der Waals surface area contributed by atoms with Crippen LogP contribution in [-0.4, -0.2) is 26.1 Å². The molecular formula is C12H14N4O. The molecule has 5 heteroatoms. The van der Waals surface area contributed by atoms with Crippen LogP contribution in [0, 0.1) is 0 Å². The number of aromatic hydroxyl groups is 1. The number of phenolic OH excluding ortho intramolecular Hbond substituents is 1. The molecule has 0 spiro atoms. The van der Waals surface area contributed by atoms with Crippen LogP contribution in [0.5, 0.6) is 5.75 Å². The Balaban J connectivity index is 2.05. The summed E-state index contributed by atoms with van der Waals surface area (Å²) in [6.07, 6.45) is 2.63. The van der Waals surface area contributed by atoms with E-state index >= 15 is 0 Å².